The molecule has 1 aromatic rings. The van der Waals surface area contributed by atoms with Crippen molar-refractivity contribution in [2.45, 2.75) is 45.6 Å². The average molecular weight is 372 g/mol. The number of hydrogen-bond donors (Lipinski definition) is 1. The maximum Gasteiger partial charge on any atom is 0.240 e. The highest BCUT2D eigenvalue weighted by atomic mass is 16.5. The van der Waals surface area contributed by atoms with Crippen LogP contribution in [0.2, 0.25) is 0 Å². The van der Waals surface area contributed by atoms with Gasteiger partial charge in [-0.05, 0) is 36.5 Å². The maximum atomic E-state index is 12.6. The molecule has 6 nitrogen and oxygen atoms in total. The molecule has 3 atom stereocenters. The van der Waals surface area contributed by atoms with Gasteiger partial charge in [0, 0.05) is 0 Å². The standard InChI is InChI=1S/C21H28N2O4/c1-13(2)19(14-8-10-15(27-3)11-9-14)22-18(24)12-23-20(25)16-6-4-5-7-17(16)21(23)26/h8-11,13,16-17,19H,4-7,12H2,1-3H3,(H,22,24). The molecule has 0 spiro atoms. The quantitative estimate of drug-likeness (QED) is 0.779. The van der Waals surface area contributed by atoms with E-state index in [1.165, 1.54) is 4.90 Å². The minimum absolute atomic E-state index is 0.162. The van der Waals surface area contributed by atoms with E-state index in [1.807, 2.05) is 38.1 Å². The van der Waals surface area contributed by atoms with Gasteiger partial charge in [-0.2, -0.15) is 0 Å². The minimum atomic E-state index is -0.301. The Morgan fingerprint density at radius 2 is 1.67 bits per heavy atom. The van der Waals surface area contributed by atoms with Crippen molar-refractivity contribution in [3.8, 4) is 5.75 Å². The smallest absolute Gasteiger partial charge is 0.240 e. The van der Waals surface area contributed by atoms with Gasteiger partial charge in [0.1, 0.15) is 12.3 Å². The van der Waals surface area contributed by atoms with Crippen LogP contribution in [-0.2, 0) is 14.4 Å². The fourth-order valence-corrected chi connectivity index (χ4v) is 4.20. The Morgan fingerprint density at radius 3 is 2.15 bits per heavy atom. The lowest BCUT2D eigenvalue weighted by Gasteiger charge is -2.24. The molecular weight excluding hydrogens is 344 g/mol. The number of imide groups is 1. The van der Waals surface area contributed by atoms with E-state index in [1.54, 1.807) is 7.11 Å². The summed E-state index contributed by atoms with van der Waals surface area (Å²) >= 11 is 0. The molecule has 0 bridgehead atoms. The van der Waals surface area contributed by atoms with E-state index < -0.39 is 0 Å². The van der Waals surface area contributed by atoms with Crippen LogP contribution in [-0.4, -0.2) is 36.3 Å². The Morgan fingerprint density at radius 1 is 1.11 bits per heavy atom. The second-order valence-electron chi connectivity index (χ2n) is 7.82. The number of ether oxygens (including phenoxy) is 1. The topological polar surface area (TPSA) is 75.7 Å². The molecule has 2 aliphatic rings. The molecule has 0 radical (unpaired) electrons. The summed E-state index contributed by atoms with van der Waals surface area (Å²) in [5.74, 6) is -0.179. The van der Waals surface area contributed by atoms with Gasteiger partial charge in [-0.3, -0.25) is 19.3 Å². The number of methoxy groups -OCH3 is 1. The molecule has 2 fully saturated rings. The van der Waals surface area contributed by atoms with Crippen molar-refractivity contribution in [3.63, 3.8) is 0 Å². The number of nitrogens with one attached hydrogen (secondary N) is 1. The molecule has 1 saturated heterocycles. The summed E-state index contributed by atoms with van der Waals surface area (Å²) in [6, 6.07) is 7.36. The Balaban J connectivity index is 1.67. The van der Waals surface area contributed by atoms with Crippen molar-refractivity contribution in [2.75, 3.05) is 13.7 Å². The molecule has 3 unspecified atom stereocenters. The predicted octanol–water partition coefficient (Wildman–Crippen LogP) is 2.68. The highest BCUT2D eigenvalue weighted by Gasteiger charge is 2.48. The molecule has 27 heavy (non-hydrogen) atoms. The van der Waals surface area contributed by atoms with E-state index in [9.17, 15) is 14.4 Å². The summed E-state index contributed by atoms with van der Waals surface area (Å²) in [6.07, 6.45) is 3.47. The number of rotatable bonds is 6. The summed E-state index contributed by atoms with van der Waals surface area (Å²) < 4.78 is 5.18. The molecule has 3 amide bonds. The van der Waals surface area contributed by atoms with Crippen molar-refractivity contribution < 1.29 is 19.1 Å². The van der Waals surface area contributed by atoms with Crippen LogP contribution in [0.5, 0.6) is 5.75 Å². The Hall–Kier alpha value is -2.37. The number of hydrogen-bond acceptors (Lipinski definition) is 4. The lowest BCUT2D eigenvalue weighted by Crippen LogP contribution is -2.43. The van der Waals surface area contributed by atoms with E-state index in [0.29, 0.717) is 0 Å². The normalized spacial score (nSPS) is 23.3. The van der Waals surface area contributed by atoms with Gasteiger partial charge in [0.05, 0.1) is 25.0 Å². The zero-order chi connectivity index (χ0) is 19.6. The van der Waals surface area contributed by atoms with E-state index in [-0.39, 0.29) is 48.1 Å². The van der Waals surface area contributed by atoms with Crippen LogP contribution in [0.1, 0.15) is 51.1 Å². The highest BCUT2D eigenvalue weighted by molar-refractivity contribution is 6.07. The molecule has 6 heteroatoms. The molecule has 1 saturated carbocycles. The van der Waals surface area contributed by atoms with Crippen LogP contribution >= 0.6 is 0 Å². The Bertz CT molecular complexity index is 689. The number of amides is 3. The molecular formula is C21H28N2O4. The van der Waals surface area contributed by atoms with Crippen molar-refractivity contribution in [1.29, 1.82) is 0 Å². The monoisotopic (exact) mass is 372 g/mol. The molecule has 1 aromatic carbocycles. The summed E-state index contributed by atoms with van der Waals surface area (Å²) in [7, 11) is 1.61. The highest BCUT2D eigenvalue weighted by Crippen LogP contribution is 2.37. The summed E-state index contributed by atoms with van der Waals surface area (Å²) in [5.41, 5.74) is 0.965. The summed E-state index contributed by atoms with van der Waals surface area (Å²) in [4.78, 5) is 38.9. The van der Waals surface area contributed by atoms with E-state index in [0.717, 1.165) is 37.0 Å². The van der Waals surface area contributed by atoms with Crippen molar-refractivity contribution in [3.05, 3.63) is 29.8 Å². The second-order valence-corrected chi connectivity index (χ2v) is 7.82. The maximum absolute atomic E-state index is 12.6. The number of carbonyl (C=O) groups is 3. The zero-order valence-corrected chi connectivity index (χ0v) is 16.2. The summed E-state index contributed by atoms with van der Waals surface area (Å²) in [6.45, 7) is 3.86. The second kappa shape index (κ2) is 8.11. The Kier molecular flexibility index (Phi) is 5.82. The number of fused-ring (bicyclic) bond motifs is 1. The van der Waals surface area contributed by atoms with Crippen LogP contribution in [0.25, 0.3) is 0 Å². The van der Waals surface area contributed by atoms with Gasteiger partial charge in [0.25, 0.3) is 0 Å². The van der Waals surface area contributed by atoms with Gasteiger partial charge in [0.15, 0.2) is 0 Å². The minimum Gasteiger partial charge on any atom is -0.497 e. The van der Waals surface area contributed by atoms with Crippen molar-refractivity contribution in [2.24, 2.45) is 17.8 Å². The molecule has 3 rings (SSSR count). The third kappa shape index (κ3) is 3.99. The van der Waals surface area contributed by atoms with Crippen LogP contribution in [0.3, 0.4) is 0 Å². The van der Waals surface area contributed by atoms with Gasteiger partial charge in [-0.15, -0.1) is 0 Å². The van der Waals surface area contributed by atoms with Crippen LogP contribution in [0.4, 0.5) is 0 Å². The SMILES string of the molecule is COc1ccc(C(NC(=O)CN2C(=O)C3CCCCC3C2=O)C(C)C)cc1. The fourth-order valence-electron chi connectivity index (χ4n) is 4.20. The third-order valence-electron chi connectivity index (χ3n) is 5.69. The summed E-state index contributed by atoms with van der Waals surface area (Å²) in [5, 5.41) is 2.99. The number of nitrogens with zero attached hydrogens (tertiary/aromatic N) is 1. The molecule has 1 aliphatic heterocycles. The van der Waals surface area contributed by atoms with Gasteiger partial charge in [-0.1, -0.05) is 38.8 Å². The molecule has 1 N–H and O–H groups in total. The van der Waals surface area contributed by atoms with Gasteiger partial charge >= 0.3 is 0 Å². The Labute approximate surface area is 160 Å². The lowest BCUT2D eigenvalue weighted by atomic mass is 9.81. The fraction of sp³-hybridized carbons (Fsp3) is 0.571. The van der Waals surface area contributed by atoms with E-state index in [2.05, 4.69) is 5.32 Å². The number of carbonyl (C=O) groups excluding carboxylic acids is 3. The van der Waals surface area contributed by atoms with Crippen LogP contribution in [0.15, 0.2) is 24.3 Å². The van der Waals surface area contributed by atoms with E-state index >= 15 is 0 Å². The van der Waals surface area contributed by atoms with E-state index in [4.69, 9.17) is 4.74 Å². The van der Waals surface area contributed by atoms with Gasteiger partial charge in [0.2, 0.25) is 17.7 Å². The number of benzene rings is 1. The first kappa shape index (κ1) is 19.4. The molecule has 146 valence electrons. The van der Waals surface area contributed by atoms with Gasteiger partial charge in [-0.25, -0.2) is 0 Å². The molecule has 1 aliphatic carbocycles. The van der Waals surface area contributed by atoms with Crippen molar-refractivity contribution >= 4 is 17.7 Å². The van der Waals surface area contributed by atoms with Crippen molar-refractivity contribution in [1.82, 2.24) is 10.2 Å². The lowest BCUT2D eigenvalue weighted by molar-refractivity contribution is -0.143. The molecule has 1 heterocycles. The number of likely N-dealkylation sites (tertiary alicyclic amines) is 1. The first-order valence-corrected chi connectivity index (χ1v) is 9.71. The van der Waals surface area contributed by atoms with Crippen LogP contribution in [0, 0.1) is 17.8 Å². The third-order valence-corrected chi connectivity index (χ3v) is 5.69. The molecule has 0 aromatic heterocycles. The zero-order valence-electron chi connectivity index (χ0n) is 16.2. The largest absolute Gasteiger partial charge is 0.497 e. The van der Waals surface area contributed by atoms with Gasteiger partial charge < -0.3 is 10.1 Å². The first-order chi connectivity index (χ1) is 12.9. The average Bonchev–Trinajstić information content (AvgIpc) is 2.91. The predicted molar refractivity (Wildman–Crippen MR) is 101 cm³/mol. The van der Waals surface area contributed by atoms with Crippen LogP contribution < -0.4 is 10.1 Å². The first-order valence-electron chi connectivity index (χ1n) is 9.71.